The highest BCUT2D eigenvalue weighted by atomic mass is 79.9. The van der Waals surface area contributed by atoms with E-state index in [1.807, 2.05) is 19.1 Å². The van der Waals surface area contributed by atoms with Gasteiger partial charge in [0, 0.05) is 10.5 Å². The van der Waals surface area contributed by atoms with Gasteiger partial charge in [-0.1, -0.05) is 17.7 Å². The first kappa shape index (κ1) is 18.6. The number of hydrogen-bond acceptors (Lipinski definition) is 3. The predicted octanol–water partition coefficient (Wildman–Crippen LogP) is 4.55. The maximum absolute atomic E-state index is 12.2. The molecule has 2 rings (SSSR count). The number of carbonyl (C=O) groups is 1. The van der Waals surface area contributed by atoms with Crippen molar-refractivity contribution in [3.05, 3.63) is 49.7 Å². The van der Waals surface area contributed by atoms with Crippen LogP contribution < -0.4 is 10.9 Å². The van der Waals surface area contributed by atoms with Crippen LogP contribution in [0.3, 0.4) is 0 Å². The van der Waals surface area contributed by atoms with Gasteiger partial charge in [-0.3, -0.25) is 15.2 Å². The smallest absolute Gasteiger partial charge is 0.413 e. The van der Waals surface area contributed by atoms with Crippen molar-refractivity contribution in [1.29, 1.82) is 0 Å². The molecule has 0 spiro atoms. The zero-order valence-electron chi connectivity index (χ0n) is 13.8. The topological polar surface area (TPSA) is 76.1 Å². The van der Waals surface area contributed by atoms with Gasteiger partial charge in [-0.25, -0.2) is 9.48 Å². The minimum atomic E-state index is -0.629. The highest BCUT2D eigenvalue weighted by Crippen LogP contribution is 2.27. The van der Waals surface area contributed by atoms with E-state index in [0.29, 0.717) is 5.02 Å². The molecule has 0 saturated heterocycles. The molecular weight excluding hydrogens is 398 g/mol. The first-order valence-corrected chi connectivity index (χ1v) is 8.50. The number of hydrogen-bond donors (Lipinski definition) is 2. The molecule has 0 aliphatic carbocycles. The number of H-pyrrole nitrogens is 1. The molecule has 1 aromatic carbocycles. The zero-order chi connectivity index (χ0) is 18.1. The number of anilines is 1. The summed E-state index contributed by atoms with van der Waals surface area (Å²) in [4.78, 5) is 24.0. The van der Waals surface area contributed by atoms with Crippen molar-refractivity contribution in [3.8, 4) is 0 Å². The molecule has 1 amide bonds. The van der Waals surface area contributed by atoms with Crippen LogP contribution in [0, 0.1) is 0 Å². The Morgan fingerprint density at radius 2 is 2.04 bits per heavy atom. The van der Waals surface area contributed by atoms with Gasteiger partial charge in [-0.05, 0) is 61.3 Å². The van der Waals surface area contributed by atoms with E-state index < -0.39 is 11.7 Å². The molecular formula is C16H19BrClN3O3. The van der Waals surface area contributed by atoms with Crippen molar-refractivity contribution in [2.24, 2.45) is 0 Å². The molecule has 0 fully saturated rings. The lowest BCUT2D eigenvalue weighted by atomic mass is 10.1. The number of halogens is 2. The second-order valence-corrected chi connectivity index (χ2v) is 7.62. The van der Waals surface area contributed by atoms with Crippen molar-refractivity contribution < 1.29 is 9.53 Å². The van der Waals surface area contributed by atoms with E-state index in [1.165, 1.54) is 10.7 Å². The van der Waals surface area contributed by atoms with Crippen LogP contribution in [0.5, 0.6) is 0 Å². The fraction of sp³-hybridized carbons (Fsp3) is 0.375. The molecule has 2 aromatic rings. The van der Waals surface area contributed by atoms with Crippen LogP contribution in [0.15, 0.2) is 33.5 Å². The highest BCUT2D eigenvalue weighted by molar-refractivity contribution is 9.10. The number of ether oxygens (including phenoxy) is 1. The lowest BCUT2D eigenvalue weighted by molar-refractivity contribution is 0.0635. The van der Waals surface area contributed by atoms with Gasteiger partial charge in [-0.2, -0.15) is 0 Å². The number of aromatic nitrogens is 2. The molecule has 0 aliphatic heterocycles. The average Bonchev–Trinajstić information content (AvgIpc) is 2.79. The number of aromatic amines is 1. The molecule has 0 bridgehead atoms. The summed E-state index contributed by atoms with van der Waals surface area (Å²) in [6.45, 7) is 7.15. The molecule has 1 atom stereocenters. The van der Waals surface area contributed by atoms with E-state index in [0.717, 1.165) is 10.0 Å². The Labute approximate surface area is 153 Å². The van der Waals surface area contributed by atoms with Crippen LogP contribution in [-0.4, -0.2) is 21.5 Å². The third-order valence-corrected chi connectivity index (χ3v) is 4.43. The van der Waals surface area contributed by atoms with Gasteiger partial charge in [0.25, 0.3) is 5.56 Å². The van der Waals surface area contributed by atoms with Crippen LogP contribution >= 0.6 is 27.5 Å². The van der Waals surface area contributed by atoms with Crippen LogP contribution in [0.4, 0.5) is 10.6 Å². The van der Waals surface area contributed by atoms with Crippen molar-refractivity contribution in [1.82, 2.24) is 9.78 Å². The monoisotopic (exact) mass is 415 g/mol. The second-order valence-electron chi connectivity index (χ2n) is 6.35. The van der Waals surface area contributed by atoms with Crippen LogP contribution in [0.25, 0.3) is 0 Å². The summed E-state index contributed by atoms with van der Waals surface area (Å²) in [5.41, 5.74) is -0.0300. The summed E-state index contributed by atoms with van der Waals surface area (Å²) in [5.74, 6) is 0.268. The second kappa shape index (κ2) is 7.03. The van der Waals surface area contributed by atoms with E-state index >= 15 is 0 Å². The molecule has 2 N–H and O–H groups in total. The third-order valence-electron chi connectivity index (χ3n) is 3.20. The molecule has 24 heavy (non-hydrogen) atoms. The van der Waals surface area contributed by atoms with Crippen molar-refractivity contribution in [2.45, 2.75) is 39.3 Å². The minimum absolute atomic E-state index is 0.268. The molecule has 0 aliphatic rings. The van der Waals surface area contributed by atoms with Crippen LogP contribution in [-0.2, 0) is 4.74 Å². The Hall–Kier alpha value is -1.73. The number of nitrogens with zero attached hydrogens (tertiary/aromatic N) is 1. The lowest BCUT2D eigenvalue weighted by Crippen LogP contribution is -2.27. The van der Waals surface area contributed by atoms with Crippen LogP contribution in [0.1, 0.15) is 39.3 Å². The first-order chi connectivity index (χ1) is 11.1. The standard InChI is InChI=1S/C16H19BrClN3O3/c1-9(10-5-6-11(17)12(18)7-10)21-14(22)8-13(20-21)19-15(23)24-16(2,3)4/h5-9,20H,1-4H3,(H,19,23). The quantitative estimate of drug-likeness (QED) is 0.771. The highest BCUT2D eigenvalue weighted by Gasteiger charge is 2.18. The largest absolute Gasteiger partial charge is 0.444 e. The summed E-state index contributed by atoms with van der Waals surface area (Å²) in [6, 6.07) is 6.50. The van der Waals surface area contributed by atoms with Gasteiger partial charge in [0.05, 0.1) is 11.1 Å². The number of nitrogens with one attached hydrogen (secondary N) is 2. The van der Waals surface area contributed by atoms with Gasteiger partial charge in [-0.15, -0.1) is 0 Å². The van der Waals surface area contributed by atoms with Gasteiger partial charge in [0.2, 0.25) is 0 Å². The Morgan fingerprint density at radius 3 is 2.62 bits per heavy atom. The summed E-state index contributed by atoms with van der Waals surface area (Å²) < 4.78 is 7.35. The number of rotatable bonds is 3. The van der Waals surface area contributed by atoms with Crippen molar-refractivity contribution in [2.75, 3.05) is 5.32 Å². The Balaban J connectivity index is 2.20. The fourth-order valence-corrected chi connectivity index (χ4v) is 2.53. The third kappa shape index (κ3) is 4.64. The first-order valence-electron chi connectivity index (χ1n) is 7.33. The molecule has 8 heteroatoms. The van der Waals surface area contributed by atoms with Gasteiger partial charge in [0.1, 0.15) is 11.4 Å². The SMILES string of the molecule is CC(c1ccc(Br)c(Cl)c1)n1[nH]c(NC(=O)OC(C)(C)C)cc1=O. The normalized spacial score (nSPS) is 12.8. The van der Waals surface area contributed by atoms with E-state index in [1.54, 1.807) is 26.8 Å². The molecule has 130 valence electrons. The lowest BCUT2D eigenvalue weighted by Gasteiger charge is -2.19. The Bertz CT molecular complexity index is 808. The van der Waals surface area contributed by atoms with E-state index in [4.69, 9.17) is 16.3 Å². The average molecular weight is 417 g/mol. The summed E-state index contributed by atoms with van der Waals surface area (Å²) in [6.07, 6.45) is -0.629. The number of carbonyl (C=O) groups excluding carboxylic acids is 1. The summed E-state index contributed by atoms with van der Waals surface area (Å²) in [7, 11) is 0. The fourth-order valence-electron chi connectivity index (χ4n) is 2.10. The van der Waals surface area contributed by atoms with Gasteiger partial charge in [0.15, 0.2) is 0 Å². The maximum Gasteiger partial charge on any atom is 0.413 e. The van der Waals surface area contributed by atoms with E-state index in [2.05, 4.69) is 26.3 Å². The van der Waals surface area contributed by atoms with Crippen molar-refractivity contribution >= 4 is 39.4 Å². The van der Waals surface area contributed by atoms with E-state index in [-0.39, 0.29) is 17.4 Å². The molecule has 1 unspecified atom stereocenters. The zero-order valence-corrected chi connectivity index (χ0v) is 16.2. The van der Waals surface area contributed by atoms with Gasteiger partial charge >= 0.3 is 6.09 Å². The van der Waals surface area contributed by atoms with Crippen LogP contribution in [0.2, 0.25) is 5.02 Å². The maximum atomic E-state index is 12.2. The Morgan fingerprint density at radius 1 is 1.38 bits per heavy atom. The van der Waals surface area contributed by atoms with Crippen molar-refractivity contribution in [3.63, 3.8) is 0 Å². The minimum Gasteiger partial charge on any atom is -0.444 e. The predicted molar refractivity (Wildman–Crippen MR) is 97.9 cm³/mol. The molecule has 0 radical (unpaired) electrons. The summed E-state index contributed by atoms with van der Waals surface area (Å²) >= 11 is 9.44. The Kier molecular flexibility index (Phi) is 5.45. The molecule has 6 nitrogen and oxygen atoms in total. The summed E-state index contributed by atoms with van der Waals surface area (Å²) in [5, 5.41) is 5.94. The number of amides is 1. The molecule has 0 saturated carbocycles. The number of benzene rings is 1. The molecule has 1 aromatic heterocycles. The van der Waals surface area contributed by atoms with Gasteiger partial charge < -0.3 is 4.74 Å². The van der Waals surface area contributed by atoms with E-state index in [9.17, 15) is 9.59 Å². The molecule has 1 heterocycles.